The van der Waals surface area contributed by atoms with Gasteiger partial charge < -0.3 is 10.1 Å². The van der Waals surface area contributed by atoms with Crippen molar-refractivity contribution in [3.63, 3.8) is 0 Å². The fourth-order valence-electron chi connectivity index (χ4n) is 2.64. The van der Waals surface area contributed by atoms with Gasteiger partial charge in [0.25, 0.3) is 15.9 Å². The van der Waals surface area contributed by atoms with E-state index < -0.39 is 10.0 Å². The number of sulfonamides is 1. The second-order valence-electron chi connectivity index (χ2n) is 6.98. The number of anilines is 1. The minimum Gasteiger partial charge on any atom is -0.379 e. The molecular formula is C21H28N2O4S. The zero-order valence-corrected chi connectivity index (χ0v) is 17.6. The van der Waals surface area contributed by atoms with Gasteiger partial charge in [-0.25, -0.2) is 8.42 Å². The second-order valence-corrected chi connectivity index (χ2v) is 8.64. The molecular weight excluding hydrogens is 376 g/mol. The van der Waals surface area contributed by atoms with Crippen LogP contribution in [0.25, 0.3) is 0 Å². The van der Waals surface area contributed by atoms with E-state index in [2.05, 4.69) is 10.0 Å². The number of nitrogens with one attached hydrogen (secondary N) is 2. The summed E-state index contributed by atoms with van der Waals surface area (Å²) in [6, 6.07) is 11.8. The number of rotatable bonds is 9. The van der Waals surface area contributed by atoms with E-state index in [0.29, 0.717) is 36.4 Å². The topological polar surface area (TPSA) is 84.5 Å². The van der Waals surface area contributed by atoms with E-state index in [4.69, 9.17) is 4.74 Å². The van der Waals surface area contributed by atoms with Crippen LogP contribution in [0.5, 0.6) is 0 Å². The van der Waals surface area contributed by atoms with E-state index in [9.17, 15) is 13.2 Å². The molecule has 0 aromatic heterocycles. The highest BCUT2D eigenvalue weighted by molar-refractivity contribution is 7.92. The summed E-state index contributed by atoms with van der Waals surface area (Å²) in [5, 5.41) is 2.79. The van der Waals surface area contributed by atoms with Gasteiger partial charge >= 0.3 is 0 Å². The highest BCUT2D eigenvalue weighted by atomic mass is 32.2. The highest BCUT2D eigenvalue weighted by Crippen LogP contribution is 2.21. The first-order chi connectivity index (χ1) is 13.2. The fourth-order valence-corrected chi connectivity index (χ4v) is 3.97. The van der Waals surface area contributed by atoms with Crippen LogP contribution >= 0.6 is 0 Å². The molecule has 6 nitrogen and oxygen atoms in total. The Labute approximate surface area is 167 Å². The van der Waals surface area contributed by atoms with Crippen molar-refractivity contribution in [2.75, 3.05) is 17.9 Å². The van der Waals surface area contributed by atoms with Crippen molar-refractivity contribution in [1.82, 2.24) is 5.32 Å². The number of carbonyl (C=O) groups is 1. The molecule has 0 saturated carbocycles. The lowest BCUT2D eigenvalue weighted by molar-refractivity contribution is 0.0757. The number of carbonyl (C=O) groups excluding carboxylic acids is 1. The van der Waals surface area contributed by atoms with Crippen LogP contribution in [0.3, 0.4) is 0 Å². The SMILES string of the molecule is Cc1cccc(NS(=O)(=O)c2cc(C(=O)NCCCOC(C)C)ccc2C)c1. The lowest BCUT2D eigenvalue weighted by atomic mass is 10.1. The maximum absolute atomic E-state index is 12.8. The van der Waals surface area contributed by atoms with Crippen molar-refractivity contribution in [3.8, 4) is 0 Å². The Kier molecular flexibility index (Phi) is 7.60. The molecule has 0 spiro atoms. The quantitative estimate of drug-likeness (QED) is 0.625. The molecule has 0 aliphatic carbocycles. The number of aryl methyl sites for hydroxylation is 2. The molecule has 2 rings (SSSR count). The van der Waals surface area contributed by atoms with Gasteiger partial charge in [-0.1, -0.05) is 18.2 Å². The van der Waals surface area contributed by atoms with Gasteiger partial charge in [0.15, 0.2) is 0 Å². The molecule has 0 saturated heterocycles. The van der Waals surface area contributed by atoms with Crippen molar-refractivity contribution in [3.05, 3.63) is 59.2 Å². The first-order valence-electron chi connectivity index (χ1n) is 9.29. The summed E-state index contributed by atoms with van der Waals surface area (Å²) in [7, 11) is -3.81. The number of ether oxygens (including phenoxy) is 1. The molecule has 2 N–H and O–H groups in total. The first-order valence-corrected chi connectivity index (χ1v) is 10.8. The van der Waals surface area contributed by atoms with Gasteiger partial charge in [0, 0.05) is 24.4 Å². The summed E-state index contributed by atoms with van der Waals surface area (Å²) in [5.41, 5.74) is 2.31. The maximum Gasteiger partial charge on any atom is 0.262 e. The van der Waals surface area contributed by atoms with Crippen LogP contribution in [-0.4, -0.2) is 33.6 Å². The minimum absolute atomic E-state index is 0.0878. The maximum atomic E-state index is 12.8. The van der Waals surface area contributed by atoms with E-state index >= 15 is 0 Å². The summed E-state index contributed by atoms with van der Waals surface area (Å²) in [6.07, 6.45) is 0.844. The third kappa shape index (κ3) is 6.35. The van der Waals surface area contributed by atoms with E-state index in [1.807, 2.05) is 26.8 Å². The van der Waals surface area contributed by atoms with Crippen molar-refractivity contribution >= 4 is 21.6 Å². The van der Waals surface area contributed by atoms with Crippen LogP contribution in [0.2, 0.25) is 0 Å². The van der Waals surface area contributed by atoms with Crippen LogP contribution in [0, 0.1) is 13.8 Å². The van der Waals surface area contributed by atoms with Gasteiger partial charge in [-0.15, -0.1) is 0 Å². The van der Waals surface area contributed by atoms with E-state index in [-0.39, 0.29) is 16.9 Å². The summed E-state index contributed by atoms with van der Waals surface area (Å²) in [6.45, 7) is 8.53. The minimum atomic E-state index is -3.81. The molecule has 0 aliphatic rings. The molecule has 0 bridgehead atoms. The van der Waals surface area contributed by atoms with Gasteiger partial charge in [0.05, 0.1) is 11.0 Å². The molecule has 0 atom stereocenters. The second kappa shape index (κ2) is 9.71. The summed E-state index contributed by atoms with van der Waals surface area (Å²) >= 11 is 0. The fraction of sp³-hybridized carbons (Fsp3) is 0.381. The summed E-state index contributed by atoms with van der Waals surface area (Å²) in [4.78, 5) is 12.5. The molecule has 152 valence electrons. The first kappa shape index (κ1) is 21.9. The van der Waals surface area contributed by atoms with Crippen molar-refractivity contribution in [1.29, 1.82) is 0 Å². The predicted molar refractivity (Wildman–Crippen MR) is 111 cm³/mol. The Balaban J connectivity index is 2.10. The smallest absolute Gasteiger partial charge is 0.262 e. The average molecular weight is 405 g/mol. The zero-order valence-electron chi connectivity index (χ0n) is 16.8. The van der Waals surface area contributed by atoms with Gasteiger partial charge in [-0.05, 0) is 69.5 Å². The Morgan fingerprint density at radius 3 is 2.54 bits per heavy atom. The van der Waals surface area contributed by atoms with Gasteiger partial charge in [0.1, 0.15) is 0 Å². The predicted octanol–water partition coefficient (Wildman–Crippen LogP) is 3.65. The lowest BCUT2D eigenvalue weighted by Gasteiger charge is -2.13. The third-order valence-corrected chi connectivity index (χ3v) is 5.59. The number of benzene rings is 2. The Morgan fingerprint density at radius 2 is 1.86 bits per heavy atom. The van der Waals surface area contributed by atoms with E-state index in [0.717, 1.165) is 5.56 Å². The summed E-state index contributed by atoms with van der Waals surface area (Å²) in [5.74, 6) is -0.309. The number of hydrogen-bond acceptors (Lipinski definition) is 4. The average Bonchev–Trinajstić information content (AvgIpc) is 2.60. The number of hydrogen-bond donors (Lipinski definition) is 2. The molecule has 0 fully saturated rings. The van der Waals surface area contributed by atoms with Crippen LogP contribution in [0.1, 0.15) is 41.8 Å². The zero-order chi connectivity index (χ0) is 20.7. The van der Waals surface area contributed by atoms with Gasteiger partial charge in [0.2, 0.25) is 0 Å². The molecule has 0 radical (unpaired) electrons. The standard InChI is InChI=1S/C21H28N2O4S/c1-15(2)27-12-6-11-22-21(24)18-10-9-17(4)20(14-18)28(25,26)23-19-8-5-7-16(3)13-19/h5,7-10,13-15,23H,6,11-12H2,1-4H3,(H,22,24). The molecule has 0 unspecified atom stereocenters. The van der Waals surface area contributed by atoms with Gasteiger partial charge in [-0.3, -0.25) is 9.52 Å². The third-order valence-electron chi connectivity index (χ3n) is 4.07. The molecule has 0 heterocycles. The van der Waals surface area contributed by atoms with E-state index in [1.165, 1.54) is 6.07 Å². The Morgan fingerprint density at radius 1 is 1.11 bits per heavy atom. The monoisotopic (exact) mass is 404 g/mol. The summed E-state index contributed by atoms with van der Waals surface area (Å²) < 4.78 is 33.6. The highest BCUT2D eigenvalue weighted by Gasteiger charge is 2.19. The number of amides is 1. The van der Waals surface area contributed by atoms with Crippen LogP contribution in [0.4, 0.5) is 5.69 Å². The van der Waals surface area contributed by atoms with E-state index in [1.54, 1.807) is 37.3 Å². The van der Waals surface area contributed by atoms with Crippen molar-refractivity contribution in [2.45, 2.75) is 45.1 Å². The normalized spacial score (nSPS) is 11.5. The molecule has 1 amide bonds. The van der Waals surface area contributed by atoms with Crippen molar-refractivity contribution in [2.24, 2.45) is 0 Å². The lowest BCUT2D eigenvalue weighted by Crippen LogP contribution is -2.26. The van der Waals surface area contributed by atoms with Crippen LogP contribution in [0.15, 0.2) is 47.4 Å². The van der Waals surface area contributed by atoms with Crippen LogP contribution in [-0.2, 0) is 14.8 Å². The Hall–Kier alpha value is -2.38. The molecule has 2 aromatic carbocycles. The molecule has 7 heteroatoms. The molecule has 28 heavy (non-hydrogen) atoms. The largest absolute Gasteiger partial charge is 0.379 e. The Bertz CT molecular complexity index is 924. The molecule has 2 aromatic rings. The van der Waals surface area contributed by atoms with Crippen molar-refractivity contribution < 1.29 is 17.9 Å². The van der Waals surface area contributed by atoms with Gasteiger partial charge in [-0.2, -0.15) is 0 Å². The molecule has 0 aliphatic heterocycles. The van der Waals surface area contributed by atoms with Crippen LogP contribution < -0.4 is 10.0 Å².